The Bertz CT molecular complexity index is 516. The van der Waals surface area contributed by atoms with Crippen LogP contribution in [0.4, 0.5) is 0 Å². The lowest BCUT2D eigenvalue weighted by molar-refractivity contribution is 0.210. The van der Waals surface area contributed by atoms with Crippen molar-refractivity contribution in [1.82, 2.24) is 9.21 Å². The van der Waals surface area contributed by atoms with Gasteiger partial charge in [-0.05, 0) is 25.8 Å². The van der Waals surface area contributed by atoms with Gasteiger partial charge in [-0.2, -0.15) is 0 Å². The zero-order valence-corrected chi connectivity index (χ0v) is 13.1. The molecule has 0 bridgehead atoms. The molecule has 1 saturated heterocycles. The molecule has 2 rings (SSSR count). The second-order valence-corrected chi connectivity index (χ2v) is 7.65. The second kappa shape index (κ2) is 6.70. The molecule has 1 aromatic rings. The lowest BCUT2D eigenvalue weighted by Crippen LogP contribution is -2.36. The van der Waals surface area contributed by atoms with Crippen LogP contribution in [0.1, 0.15) is 25.8 Å². The van der Waals surface area contributed by atoms with E-state index in [1.165, 1.54) is 5.56 Å². The molecule has 1 aliphatic rings. The molecule has 0 spiro atoms. The van der Waals surface area contributed by atoms with Gasteiger partial charge in [-0.3, -0.25) is 4.90 Å². The second-order valence-electron chi connectivity index (χ2n) is 5.39. The topological polar surface area (TPSA) is 40.6 Å². The average molecular weight is 296 g/mol. The predicted molar refractivity (Wildman–Crippen MR) is 82.0 cm³/mol. The highest BCUT2D eigenvalue weighted by molar-refractivity contribution is 7.89. The normalized spacial score (nSPS) is 22.6. The molecular weight excluding hydrogens is 272 g/mol. The molecule has 1 atom stereocenters. The van der Waals surface area contributed by atoms with Crippen LogP contribution in [0.2, 0.25) is 0 Å². The van der Waals surface area contributed by atoms with Crippen LogP contribution in [0.5, 0.6) is 0 Å². The fourth-order valence-corrected chi connectivity index (χ4v) is 3.71. The van der Waals surface area contributed by atoms with Crippen LogP contribution in [0.15, 0.2) is 30.3 Å². The Morgan fingerprint density at radius 2 is 1.85 bits per heavy atom. The summed E-state index contributed by atoms with van der Waals surface area (Å²) in [6.45, 7) is 6.84. The first-order chi connectivity index (χ1) is 9.53. The van der Waals surface area contributed by atoms with Gasteiger partial charge in [-0.15, -0.1) is 0 Å². The van der Waals surface area contributed by atoms with Gasteiger partial charge < -0.3 is 0 Å². The molecular formula is C15H24N2O2S. The molecule has 0 radical (unpaired) electrons. The third kappa shape index (κ3) is 3.81. The minimum atomic E-state index is -3.06. The Hall–Kier alpha value is -0.910. The molecule has 1 unspecified atom stereocenters. The Kier molecular flexibility index (Phi) is 5.18. The standard InChI is InChI=1S/C15H24N2O2S/c1-3-20(18,19)17-10-9-14(2)16(11-12-17)13-15-7-5-4-6-8-15/h4-8,14H,3,9-13H2,1-2H3. The van der Waals surface area contributed by atoms with E-state index in [1.54, 1.807) is 11.2 Å². The maximum atomic E-state index is 12.0. The Balaban J connectivity index is 2.03. The highest BCUT2D eigenvalue weighted by Crippen LogP contribution is 2.16. The molecule has 0 saturated carbocycles. The number of hydrogen-bond donors (Lipinski definition) is 0. The minimum Gasteiger partial charge on any atom is -0.295 e. The third-order valence-electron chi connectivity index (χ3n) is 4.04. The lowest BCUT2D eigenvalue weighted by Gasteiger charge is -2.26. The molecule has 1 heterocycles. The summed E-state index contributed by atoms with van der Waals surface area (Å²) in [5, 5.41) is 0. The average Bonchev–Trinajstić information content (AvgIpc) is 2.63. The van der Waals surface area contributed by atoms with Gasteiger partial charge in [0.2, 0.25) is 10.0 Å². The van der Waals surface area contributed by atoms with Crippen molar-refractivity contribution in [2.24, 2.45) is 0 Å². The zero-order valence-electron chi connectivity index (χ0n) is 12.3. The number of benzene rings is 1. The van der Waals surface area contributed by atoms with E-state index in [9.17, 15) is 8.42 Å². The van der Waals surface area contributed by atoms with Crippen molar-refractivity contribution in [2.75, 3.05) is 25.4 Å². The maximum Gasteiger partial charge on any atom is 0.213 e. The third-order valence-corrected chi connectivity index (χ3v) is 5.92. The quantitative estimate of drug-likeness (QED) is 0.852. The summed E-state index contributed by atoms with van der Waals surface area (Å²) in [6.07, 6.45) is 0.895. The van der Waals surface area contributed by atoms with Crippen molar-refractivity contribution in [3.8, 4) is 0 Å². The first-order valence-corrected chi connectivity index (χ1v) is 8.89. The van der Waals surface area contributed by atoms with E-state index in [0.717, 1.165) is 19.5 Å². The Labute approximate surface area is 122 Å². The molecule has 0 amide bonds. The minimum absolute atomic E-state index is 0.195. The summed E-state index contributed by atoms with van der Waals surface area (Å²) in [4.78, 5) is 2.38. The van der Waals surface area contributed by atoms with Crippen LogP contribution in [0.3, 0.4) is 0 Å². The van der Waals surface area contributed by atoms with E-state index >= 15 is 0 Å². The van der Waals surface area contributed by atoms with Crippen LogP contribution in [0.25, 0.3) is 0 Å². The molecule has 1 fully saturated rings. The van der Waals surface area contributed by atoms with Crippen molar-refractivity contribution >= 4 is 10.0 Å². The van der Waals surface area contributed by atoms with Crippen LogP contribution < -0.4 is 0 Å². The van der Waals surface area contributed by atoms with Crippen LogP contribution in [-0.2, 0) is 16.6 Å². The highest BCUT2D eigenvalue weighted by Gasteiger charge is 2.26. The molecule has 20 heavy (non-hydrogen) atoms. The van der Waals surface area contributed by atoms with E-state index in [-0.39, 0.29) is 5.75 Å². The van der Waals surface area contributed by atoms with E-state index in [0.29, 0.717) is 19.1 Å². The van der Waals surface area contributed by atoms with Gasteiger partial charge in [-0.25, -0.2) is 12.7 Å². The van der Waals surface area contributed by atoms with Crippen LogP contribution >= 0.6 is 0 Å². The van der Waals surface area contributed by atoms with E-state index < -0.39 is 10.0 Å². The Morgan fingerprint density at radius 1 is 1.15 bits per heavy atom. The van der Waals surface area contributed by atoms with E-state index in [2.05, 4.69) is 24.0 Å². The highest BCUT2D eigenvalue weighted by atomic mass is 32.2. The van der Waals surface area contributed by atoms with Gasteiger partial charge in [0.05, 0.1) is 5.75 Å². The molecule has 1 aromatic carbocycles. The first kappa shape index (κ1) is 15.5. The van der Waals surface area contributed by atoms with Crippen molar-refractivity contribution < 1.29 is 8.42 Å². The Morgan fingerprint density at radius 3 is 2.50 bits per heavy atom. The van der Waals surface area contributed by atoms with Gasteiger partial charge in [0, 0.05) is 32.2 Å². The van der Waals surface area contributed by atoms with Crippen molar-refractivity contribution in [3.63, 3.8) is 0 Å². The first-order valence-electron chi connectivity index (χ1n) is 7.28. The number of nitrogens with zero attached hydrogens (tertiary/aromatic N) is 2. The monoisotopic (exact) mass is 296 g/mol. The largest absolute Gasteiger partial charge is 0.295 e. The molecule has 0 aliphatic carbocycles. The van der Waals surface area contributed by atoms with E-state index in [1.807, 2.05) is 18.2 Å². The molecule has 112 valence electrons. The molecule has 5 heteroatoms. The van der Waals surface area contributed by atoms with Gasteiger partial charge in [0.1, 0.15) is 0 Å². The SMILES string of the molecule is CCS(=O)(=O)N1CCC(C)N(Cc2ccccc2)CC1. The summed E-state index contributed by atoms with van der Waals surface area (Å²) in [6, 6.07) is 10.8. The van der Waals surface area contributed by atoms with Gasteiger partial charge >= 0.3 is 0 Å². The van der Waals surface area contributed by atoms with Crippen LogP contribution in [0, 0.1) is 0 Å². The van der Waals surface area contributed by atoms with Crippen molar-refractivity contribution in [1.29, 1.82) is 0 Å². The van der Waals surface area contributed by atoms with Gasteiger partial charge in [0.25, 0.3) is 0 Å². The summed E-state index contributed by atoms with van der Waals surface area (Å²) in [7, 11) is -3.06. The predicted octanol–water partition coefficient (Wildman–Crippen LogP) is 1.93. The number of rotatable bonds is 4. The molecule has 4 nitrogen and oxygen atoms in total. The molecule has 0 N–H and O–H groups in total. The fraction of sp³-hybridized carbons (Fsp3) is 0.600. The smallest absolute Gasteiger partial charge is 0.213 e. The van der Waals surface area contributed by atoms with Crippen LogP contribution in [-0.4, -0.2) is 49.1 Å². The van der Waals surface area contributed by atoms with Gasteiger partial charge in [0.15, 0.2) is 0 Å². The van der Waals surface area contributed by atoms with Crippen molar-refractivity contribution in [3.05, 3.63) is 35.9 Å². The fourth-order valence-electron chi connectivity index (χ4n) is 2.60. The summed E-state index contributed by atoms with van der Waals surface area (Å²) < 4.78 is 25.6. The van der Waals surface area contributed by atoms with E-state index in [4.69, 9.17) is 0 Å². The summed E-state index contributed by atoms with van der Waals surface area (Å²) in [5.41, 5.74) is 1.28. The lowest BCUT2D eigenvalue weighted by atomic mass is 10.1. The van der Waals surface area contributed by atoms with Gasteiger partial charge in [-0.1, -0.05) is 30.3 Å². The zero-order chi connectivity index (χ0) is 14.6. The molecule has 1 aliphatic heterocycles. The molecule has 0 aromatic heterocycles. The maximum absolute atomic E-state index is 12.0. The summed E-state index contributed by atoms with van der Waals surface area (Å²) >= 11 is 0. The van der Waals surface area contributed by atoms with Crippen molar-refractivity contribution in [2.45, 2.75) is 32.9 Å². The number of sulfonamides is 1. The number of hydrogen-bond acceptors (Lipinski definition) is 3. The summed E-state index contributed by atoms with van der Waals surface area (Å²) in [5.74, 6) is 0.195.